The van der Waals surface area contributed by atoms with Gasteiger partial charge in [0.05, 0.1) is 6.54 Å². The van der Waals surface area contributed by atoms with Crippen molar-refractivity contribution in [3.05, 3.63) is 53.9 Å². The fourth-order valence-electron chi connectivity index (χ4n) is 2.89. The topological polar surface area (TPSA) is 38.1 Å². The molecule has 1 aromatic heterocycles. The van der Waals surface area contributed by atoms with E-state index in [1.165, 1.54) is 6.42 Å². The zero-order chi connectivity index (χ0) is 14.7. The van der Waals surface area contributed by atoms with Crippen LogP contribution >= 0.6 is 0 Å². The highest BCUT2D eigenvalue weighted by atomic mass is 16.2. The van der Waals surface area contributed by atoms with E-state index >= 15 is 0 Å². The van der Waals surface area contributed by atoms with E-state index in [4.69, 9.17) is 0 Å². The fraction of sp³-hybridized carbons (Fsp3) is 0.412. The Morgan fingerprint density at radius 2 is 2.14 bits per heavy atom. The second-order valence-corrected chi connectivity index (χ2v) is 5.90. The van der Waals surface area contributed by atoms with Crippen LogP contribution in [0.1, 0.15) is 35.7 Å². The Balaban J connectivity index is 1.67. The second kappa shape index (κ2) is 6.12. The van der Waals surface area contributed by atoms with Gasteiger partial charge >= 0.3 is 0 Å². The molecule has 3 rings (SSSR count). The van der Waals surface area contributed by atoms with E-state index in [0.29, 0.717) is 5.92 Å². The normalized spacial score (nSPS) is 18.7. The number of aromatic nitrogens is 2. The Morgan fingerprint density at radius 3 is 2.81 bits per heavy atom. The van der Waals surface area contributed by atoms with Gasteiger partial charge in [-0.2, -0.15) is 5.10 Å². The number of likely N-dealkylation sites (tertiary alicyclic amines) is 1. The van der Waals surface area contributed by atoms with Crippen molar-refractivity contribution in [1.29, 1.82) is 0 Å². The molecule has 0 radical (unpaired) electrons. The predicted molar refractivity (Wildman–Crippen MR) is 82.1 cm³/mol. The molecule has 1 aromatic carbocycles. The molecule has 1 fully saturated rings. The molecule has 1 amide bonds. The average molecular weight is 283 g/mol. The highest BCUT2D eigenvalue weighted by molar-refractivity contribution is 5.94. The summed E-state index contributed by atoms with van der Waals surface area (Å²) >= 11 is 0. The third-order valence-corrected chi connectivity index (χ3v) is 4.05. The number of hydrogen-bond acceptors (Lipinski definition) is 2. The third kappa shape index (κ3) is 3.32. The minimum absolute atomic E-state index is 0.159. The number of carbonyl (C=O) groups excluding carboxylic acids is 1. The zero-order valence-electron chi connectivity index (χ0n) is 12.4. The monoisotopic (exact) mass is 283 g/mol. The minimum Gasteiger partial charge on any atom is -0.338 e. The van der Waals surface area contributed by atoms with Gasteiger partial charge in [-0.3, -0.25) is 9.48 Å². The first kappa shape index (κ1) is 13.9. The van der Waals surface area contributed by atoms with Gasteiger partial charge in [0.2, 0.25) is 0 Å². The number of amides is 1. The minimum atomic E-state index is 0.159. The summed E-state index contributed by atoms with van der Waals surface area (Å²) in [6, 6.07) is 9.81. The van der Waals surface area contributed by atoms with Gasteiger partial charge in [0.15, 0.2) is 0 Å². The molecule has 1 saturated heterocycles. The highest BCUT2D eigenvalue weighted by Gasteiger charge is 2.21. The number of hydrogen-bond donors (Lipinski definition) is 0. The molecule has 2 aromatic rings. The van der Waals surface area contributed by atoms with Crippen LogP contribution in [0, 0.1) is 5.92 Å². The fourth-order valence-corrected chi connectivity index (χ4v) is 2.89. The molecule has 0 N–H and O–H groups in total. The Kier molecular flexibility index (Phi) is 4.04. The van der Waals surface area contributed by atoms with Gasteiger partial charge in [0, 0.05) is 31.0 Å². The van der Waals surface area contributed by atoms with Crippen molar-refractivity contribution in [3.63, 3.8) is 0 Å². The van der Waals surface area contributed by atoms with Crippen LogP contribution in [0.25, 0.3) is 0 Å². The summed E-state index contributed by atoms with van der Waals surface area (Å²) in [5.41, 5.74) is 1.94. The van der Waals surface area contributed by atoms with E-state index in [2.05, 4.69) is 12.0 Å². The van der Waals surface area contributed by atoms with Crippen LogP contribution in [-0.2, 0) is 6.54 Å². The molecule has 0 bridgehead atoms. The maximum absolute atomic E-state index is 12.5. The van der Waals surface area contributed by atoms with Gasteiger partial charge < -0.3 is 4.90 Å². The summed E-state index contributed by atoms with van der Waals surface area (Å²) < 4.78 is 1.88. The largest absolute Gasteiger partial charge is 0.338 e. The molecule has 0 saturated carbocycles. The second-order valence-electron chi connectivity index (χ2n) is 5.90. The van der Waals surface area contributed by atoms with E-state index in [0.717, 1.165) is 37.2 Å². The van der Waals surface area contributed by atoms with Crippen LogP contribution in [-0.4, -0.2) is 33.7 Å². The Labute approximate surface area is 125 Å². The lowest BCUT2D eigenvalue weighted by molar-refractivity contribution is 0.0683. The lowest BCUT2D eigenvalue weighted by Crippen LogP contribution is -2.39. The first-order valence-electron chi connectivity index (χ1n) is 7.58. The summed E-state index contributed by atoms with van der Waals surface area (Å²) in [6.45, 7) is 4.72. The van der Waals surface area contributed by atoms with Crippen LogP contribution < -0.4 is 0 Å². The molecule has 21 heavy (non-hydrogen) atoms. The molecular formula is C17H21N3O. The predicted octanol–water partition coefficient (Wildman–Crippen LogP) is 2.80. The molecule has 4 heteroatoms. The zero-order valence-corrected chi connectivity index (χ0v) is 12.4. The Bertz CT molecular complexity index is 589. The van der Waals surface area contributed by atoms with E-state index in [9.17, 15) is 4.79 Å². The first-order valence-corrected chi connectivity index (χ1v) is 7.58. The molecule has 4 nitrogen and oxygen atoms in total. The van der Waals surface area contributed by atoms with E-state index < -0.39 is 0 Å². The van der Waals surface area contributed by atoms with Crippen molar-refractivity contribution < 1.29 is 4.79 Å². The molecule has 0 aliphatic carbocycles. The summed E-state index contributed by atoms with van der Waals surface area (Å²) in [5, 5.41) is 4.19. The van der Waals surface area contributed by atoms with Crippen molar-refractivity contribution in [3.8, 4) is 0 Å². The lowest BCUT2D eigenvalue weighted by Gasteiger charge is -2.31. The SMILES string of the molecule is C[C@H]1CCCN(C(=O)c2ccc(Cn3cccn3)cc2)C1. The molecule has 2 heterocycles. The van der Waals surface area contributed by atoms with Crippen molar-refractivity contribution in [2.75, 3.05) is 13.1 Å². The number of nitrogens with zero attached hydrogens (tertiary/aromatic N) is 3. The molecule has 1 aliphatic heterocycles. The highest BCUT2D eigenvalue weighted by Crippen LogP contribution is 2.18. The Hall–Kier alpha value is -2.10. The molecule has 1 aliphatic rings. The van der Waals surface area contributed by atoms with Crippen molar-refractivity contribution >= 4 is 5.91 Å². The van der Waals surface area contributed by atoms with Crippen LogP contribution in [0.2, 0.25) is 0 Å². The van der Waals surface area contributed by atoms with Gasteiger partial charge in [-0.1, -0.05) is 19.1 Å². The van der Waals surface area contributed by atoms with Gasteiger partial charge in [0.25, 0.3) is 5.91 Å². The number of carbonyl (C=O) groups is 1. The van der Waals surface area contributed by atoms with Gasteiger partial charge in [-0.15, -0.1) is 0 Å². The summed E-state index contributed by atoms with van der Waals surface area (Å²) in [7, 11) is 0. The molecule has 110 valence electrons. The summed E-state index contributed by atoms with van der Waals surface area (Å²) in [6.07, 6.45) is 6.06. The summed E-state index contributed by atoms with van der Waals surface area (Å²) in [4.78, 5) is 14.5. The summed E-state index contributed by atoms with van der Waals surface area (Å²) in [5.74, 6) is 0.772. The maximum atomic E-state index is 12.5. The number of piperidine rings is 1. The third-order valence-electron chi connectivity index (χ3n) is 4.05. The molecule has 1 atom stereocenters. The lowest BCUT2D eigenvalue weighted by atomic mass is 9.99. The van der Waals surface area contributed by atoms with Gasteiger partial charge in [-0.25, -0.2) is 0 Å². The van der Waals surface area contributed by atoms with E-state index in [1.54, 1.807) is 6.20 Å². The van der Waals surface area contributed by atoms with Crippen molar-refractivity contribution in [2.24, 2.45) is 5.92 Å². The molecular weight excluding hydrogens is 262 g/mol. The van der Waals surface area contributed by atoms with Crippen molar-refractivity contribution in [1.82, 2.24) is 14.7 Å². The smallest absolute Gasteiger partial charge is 0.253 e. The van der Waals surface area contributed by atoms with Gasteiger partial charge in [0.1, 0.15) is 0 Å². The quantitative estimate of drug-likeness (QED) is 0.868. The molecule has 0 unspecified atom stereocenters. The van der Waals surface area contributed by atoms with Crippen LogP contribution in [0.3, 0.4) is 0 Å². The average Bonchev–Trinajstić information content (AvgIpc) is 3.00. The van der Waals surface area contributed by atoms with Crippen LogP contribution in [0.15, 0.2) is 42.7 Å². The van der Waals surface area contributed by atoms with Gasteiger partial charge in [-0.05, 0) is 42.5 Å². The maximum Gasteiger partial charge on any atom is 0.253 e. The number of benzene rings is 1. The Morgan fingerprint density at radius 1 is 1.33 bits per heavy atom. The van der Waals surface area contributed by atoms with E-state index in [-0.39, 0.29) is 5.91 Å². The van der Waals surface area contributed by atoms with Crippen LogP contribution in [0.5, 0.6) is 0 Å². The number of rotatable bonds is 3. The molecule has 0 spiro atoms. The van der Waals surface area contributed by atoms with E-state index in [1.807, 2.05) is 46.1 Å². The van der Waals surface area contributed by atoms with Crippen LogP contribution in [0.4, 0.5) is 0 Å². The van der Waals surface area contributed by atoms with Crippen molar-refractivity contribution in [2.45, 2.75) is 26.3 Å². The first-order chi connectivity index (χ1) is 10.2. The standard InChI is InChI=1S/C17H21N3O/c1-14-4-2-10-19(12-14)17(21)16-7-5-15(6-8-16)13-20-11-3-9-18-20/h3,5-9,11,14H,2,4,10,12-13H2,1H3/t14-/m0/s1.